The Morgan fingerprint density at radius 1 is 0.973 bits per heavy atom. The van der Waals surface area contributed by atoms with E-state index in [4.69, 9.17) is 5.14 Å². The molecule has 0 radical (unpaired) electrons. The van der Waals surface area contributed by atoms with Gasteiger partial charge in [0.25, 0.3) is 0 Å². The van der Waals surface area contributed by atoms with Crippen LogP contribution in [0.4, 0.5) is 14.6 Å². The van der Waals surface area contributed by atoms with E-state index in [1.165, 1.54) is 24.3 Å². The van der Waals surface area contributed by atoms with Crippen molar-refractivity contribution in [3.05, 3.63) is 78.4 Å². The van der Waals surface area contributed by atoms with Gasteiger partial charge in [-0.15, -0.1) is 8.78 Å². The molecule has 0 bridgehead atoms. The highest BCUT2D eigenvalue weighted by molar-refractivity contribution is 7.89. The lowest BCUT2D eigenvalue weighted by atomic mass is 9.94. The Morgan fingerprint density at radius 2 is 1.68 bits per heavy atom. The number of carbonyl (C=O) groups excluding carboxylic acids is 1. The average Bonchev–Trinajstić information content (AvgIpc) is 3.60. The minimum absolute atomic E-state index is 0. The molecule has 2 aliphatic rings. The van der Waals surface area contributed by atoms with E-state index in [1.807, 2.05) is 24.3 Å². The molecule has 8 nitrogen and oxygen atoms in total. The van der Waals surface area contributed by atoms with Crippen molar-refractivity contribution in [2.75, 3.05) is 5.32 Å². The molecule has 3 aromatic carbocycles. The second kappa shape index (κ2) is 7.95. The van der Waals surface area contributed by atoms with Gasteiger partial charge in [-0.3, -0.25) is 4.79 Å². The molecule has 1 aliphatic heterocycles. The van der Waals surface area contributed by atoms with Crippen LogP contribution >= 0.6 is 0 Å². The number of nitrogens with one attached hydrogen (secondary N) is 1. The fourth-order valence-electron chi connectivity index (χ4n) is 4.54. The maximum atomic E-state index is 13.4. The van der Waals surface area contributed by atoms with Gasteiger partial charge in [0.15, 0.2) is 11.5 Å². The van der Waals surface area contributed by atoms with Crippen LogP contribution in [0.5, 0.6) is 11.5 Å². The van der Waals surface area contributed by atoms with E-state index >= 15 is 0 Å². The molecule has 11 heteroatoms. The van der Waals surface area contributed by atoms with E-state index in [9.17, 15) is 22.0 Å². The number of hydrogen-bond acceptors (Lipinski definition) is 6. The molecule has 3 N–H and O–H groups in total. The van der Waals surface area contributed by atoms with Gasteiger partial charge < -0.3 is 14.8 Å². The van der Waals surface area contributed by atoms with Crippen LogP contribution in [-0.4, -0.2) is 25.6 Å². The lowest BCUT2D eigenvalue weighted by Gasteiger charge is -2.17. The first-order chi connectivity index (χ1) is 17.5. The zero-order chi connectivity index (χ0) is 26.0. The number of aromatic nitrogens is 1. The predicted molar refractivity (Wildman–Crippen MR) is 137 cm³/mol. The number of ether oxygens (including phenoxy) is 2. The number of anilines is 1. The topological polar surface area (TPSA) is 121 Å². The van der Waals surface area contributed by atoms with Crippen molar-refractivity contribution in [1.29, 1.82) is 0 Å². The molecule has 1 aromatic heterocycles. The lowest BCUT2D eigenvalue weighted by Crippen LogP contribution is -2.28. The first kappa shape index (κ1) is 23.3. The molecule has 1 fully saturated rings. The van der Waals surface area contributed by atoms with Crippen molar-refractivity contribution in [3.63, 3.8) is 0 Å². The molecule has 1 saturated carbocycles. The van der Waals surface area contributed by atoms with Crippen molar-refractivity contribution in [2.24, 2.45) is 5.14 Å². The van der Waals surface area contributed by atoms with Gasteiger partial charge in [-0.25, -0.2) is 18.5 Å². The average molecular weight is 530 g/mol. The number of benzene rings is 3. The molecule has 0 spiro atoms. The zero-order valence-electron chi connectivity index (χ0n) is 19.1. The number of carbonyl (C=O) groups is 1. The summed E-state index contributed by atoms with van der Waals surface area (Å²) in [5.74, 6) is -0.223. The van der Waals surface area contributed by atoms with E-state index in [1.54, 1.807) is 24.3 Å². The summed E-state index contributed by atoms with van der Waals surface area (Å²) in [6.45, 7) is 0. The molecule has 6 rings (SSSR count). The van der Waals surface area contributed by atoms with Crippen molar-refractivity contribution >= 4 is 32.5 Å². The van der Waals surface area contributed by atoms with E-state index in [0.717, 1.165) is 10.8 Å². The normalized spacial score (nSPS) is 16.9. The number of nitrogens with two attached hydrogens (primary N) is 1. The number of fused-ring (bicyclic) bond motifs is 2. The van der Waals surface area contributed by atoms with E-state index in [2.05, 4.69) is 19.8 Å². The number of rotatable bonds is 5. The maximum Gasteiger partial charge on any atom is 0.586 e. The fraction of sp³-hybridized carbons (Fsp3) is 0.154. The van der Waals surface area contributed by atoms with E-state index in [0.29, 0.717) is 35.5 Å². The first-order valence-electron chi connectivity index (χ1n) is 11.3. The standard InChI is InChI=1S/C26H19F2N3O5S.3H2/c27-26(28)35-20-10-7-17(14-21(20)36-26)25(11-12-25)24(32)31-22-13-16-3-1-2-4-19(16)23(30-22)15-5-8-18(9-6-15)37(29,33)34;;;/h1-10,13-14H,11-12H2,(H2,29,33,34)(H,30,31,32);3*1H. The molecule has 1 aliphatic carbocycles. The Kier molecular flexibility index (Phi) is 5.01. The number of hydrogen-bond donors (Lipinski definition) is 2. The number of nitrogens with zero attached hydrogens (tertiary/aromatic N) is 1. The minimum Gasteiger partial charge on any atom is -0.395 e. The van der Waals surface area contributed by atoms with E-state index in [-0.39, 0.29) is 26.6 Å². The molecular formula is C26H25F2N3O5S. The highest BCUT2D eigenvalue weighted by atomic mass is 32.2. The van der Waals surface area contributed by atoms with Crippen LogP contribution in [0.1, 0.15) is 22.7 Å². The smallest absolute Gasteiger partial charge is 0.395 e. The van der Waals surface area contributed by atoms with Gasteiger partial charge in [0, 0.05) is 15.2 Å². The second-order valence-corrected chi connectivity index (χ2v) is 10.6. The third-order valence-corrected chi connectivity index (χ3v) is 7.51. The monoisotopic (exact) mass is 529 g/mol. The Hall–Kier alpha value is -4.09. The van der Waals surface area contributed by atoms with Crippen LogP contribution < -0.4 is 19.9 Å². The summed E-state index contributed by atoms with van der Waals surface area (Å²) in [4.78, 5) is 18.0. The fourth-order valence-corrected chi connectivity index (χ4v) is 5.06. The van der Waals surface area contributed by atoms with Gasteiger partial charge in [-0.1, -0.05) is 42.5 Å². The Bertz CT molecular complexity index is 1700. The summed E-state index contributed by atoms with van der Waals surface area (Å²) in [6, 6.07) is 19.6. The number of alkyl halides is 2. The number of primary sulfonamides is 1. The predicted octanol–water partition coefficient (Wildman–Crippen LogP) is 5.28. The highest BCUT2D eigenvalue weighted by Crippen LogP contribution is 2.52. The van der Waals surface area contributed by atoms with Gasteiger partial charge in [-0.05, 0) is 54.1 Å². The van der Waals surface area contributed by atoms with Crippen LogP contribution in [0.15, 0.2) is 77.7 Å². The maximum absolute atomic E-state index is 13.4. The minimum atomic E-state index is -3.85. The number of pyridine rings is 1. The van der Waals surface area contributed by atoms with Gasteiger partial charge in [0.2, 0.25) is 15.9 Å². The molecule has 2 heterocycles. The molecule has 0 saturated heterocycles. The summed E-state index contributed by atoms with van der Waals surface area (Å²) < 4.78 is 59.2. The van der Waals surface area contributed by atoms with Gasteiger partial charge in [0.05, 0.1) is 16.0 Å². The largest absolute Gasteiger partial charge is 0.586 e. The molecule has 37 heavy (non-hydrogen) atoms. The highest BCUT2D eigenvalue weighted by Gasteiger charge is 2.53. The van der Waals surface area contributed by atoms with Crippen molar-refractivity contribution < 1.29 is 35.7 Å². The van der Waals surface area contributed by atoms with Crippen LogP contribution in [0.2, 0.25) is 0 Å². The van der Waals surface area contributed by atoms with E-state index < -0.39 is 21.7 Å². The lowest BCUT2D eigenvalue weighted by molar-refractivity contribution is -0.286. The Labute approximate surface area is 214 Å². The quantitative estimate of drug-likeness (QED) is 0.363. The number of amides is 1. The first-order valence-corrected chi connectivity index (χ1v) is 12.8. The summed E-state index contributed by atoms with van der Waals surface area (Å²) in [5.41, 5.74) is 0.827. The molecule has 4 aromatic rings. The van der Waals surface area contributed by atoms with Crippen molar-refractivity contribution in [1.82, 2.24) is 4.98 Å². The second-order valence-electron chi connectivity index (χ2n) is 9.01. The molecule has 0 atom stereocenters. The summed E-state index contributed by atoms with van der Waals surface area (Å²) in [5, 5.41) is 9.71. The van der Waals surface area contributed by atoms with Crippen LogP contribution in [0.25, 0.3) is 22.0 Å². The van der Waals surface area contributed by atoms with Crippen LogP contribution in [-0.2, 0) is 20.2 Å². The number of halogens is 2. The third kappa shape index (κ3) is 4.15. The Morgan fingerprint density at radius 3 is 2.38 bits per heavy atom. The Balaban J connectivity index is 0.00000147. The zero-order valence-corrected chi connectivity index (χ0v) is 19.9. The molecular weight excluding hydrogens is 504 g/mol. The summed E-state index contributed by atoms with van der Waals surface area (Å²) >= 11 is 0. The van der Waals surface area contributed by atoms with Crippen molar-refractivity contribution in [2.45, 2.75) is 29.4 Å². The summed E-state index contributed by atoms with van der Waals surface area (Å²) in [7, 11) is -3.85. The molecule has 0 unspecified atom stereocenters. The van der Waals surface area contributed by atoms with Crippen molar-refractivity contribution in [3.8, 4) is 22.8 Å². The third-order valence-electron chi connectivity index (χ3n) is 6.58. The van der Waals surface area contributed by atoms with Gasteiger partial charge in [0.1, 0.15) is 5.82 Å². The summed E-state index contributed by atoms with van der Waals surface area (Å²) in [6.07, 6.45) is -2.67. The van der Waals surface area contributed by atoms with Gasteiger partial charge in [-0.2, -0.15) is 0 Å². The van der Waals surface area contributed by atoms with Crippen LogP contribution in [0, 0.1) is 0 Å². The number of sulfonamides is 1. The molecule has 1 amide bonds. The van der Waals surface area contributed by atoms with Crippen LogP contribution in [0.3, 0.4) is 0 Å². The molecule has 194 valence electrons. The SMILES string of the molecule is NS(=O)(=O)c1ccc(-c2nc(NC(=O)C3(c4ccc5c(c4)OC(F)(F)O5)CC3)cc3ccccc23)cc1.[HH].[HH].[HH]. The van der Waals surface area contributed by atoms with Gasteiger partial charge >= 0.3 is 6.29 Å².